The molecule has 5 aromatic rings. The molecule has 0 unspecified atom stereocenters. The topological polar surface area (TPSA) is 87.1 Å². The van der Waals surface area contributed by atoms with Crippen LogP contribution in [0.4, 0.5) is 24.7 Å². The van der Waals surface area contributed by atoms with Crippen LogP contribution in [0.2, 0.25) is 0 Å². The molecule has 4 aromatic carbocycles. The molecule has 5 rings (SSSR count). The van der Waals surface area contributed by atoms with E-state index in [0.29, 0.717) is 40.3 Å². The van der Waals surface area contributed by atoms with E-state index in [1.54, 1.807) is 43.2 Å². The summed E-state index contributed by atoms with van der Waals surface area (Å²) in [5.74, 6) is -0.0700. The summed E-state index contributed by atoms with van der Waals surface area (Å²) in [6, 6.07) is 20.0. The highest BCUT2D eigenvalue weighted by molar-refractivity contribution is 7.98. The fraction of sp³-hybridized carbons (Fsp3) is 0.364. The van der Waals surface area contributed by atoms with Crippen LogP contribution >= 0.6 is 11.8 Å². The summed E-state index contributed by atoms with van der Waals surface area (Å²) < 4.78 is 68.1. The normalized spacial score (nSPS) is 10.9. The maximum atomic E-state index is 15.3. The van der Waals surface area contributed by atoms with Crippen LogP contribution in [0.25, 0.3) is 16.8 Å². The van der Waals surface area contributed by atoms with E-state index in [1.165, 1.54) is 25.3 Å². The monoisotopic (exact) mass is 808 g/mol. The van der Waals surface area contributed by atoms with Crippen molar-refractivity contribution in [3.8, 4) is 34.1 Å². The van der Waals surface area contributed by atoms with Gasteiger partial charge in [0, 0.05) is 48.3 Å². The van der Waals surface area contributed by atoms with Crippen molar-refractivity contribution in [2.24, 2.45) is 0 Å². The molecule has 1 N–H and O–H groups in total. The molecule has 0 aliphatic carbocycles. The predicted octanol–water partition coefficient (Wildman–Crippen LogP) is 10.7. The predicted molar refractivity (Wildman–Crippen MR) is 224 cm³/mol. The van der Waals surface area contributed by atoms with Crippen molar-refractivity contribution in [1.82, 2.24) is 14.9 Å². The number of hydrogen-bond donors (Lipinski definition) is 1. The van der Waals surface area contributed by atoms with Gasteiger partial charge in [-0.1, -0.05) is 55.4 Å². The van der Waals surface area contributed by atoms with Crippen molar-refractivity contribution in [2.75, 3.05) is 39.9 Å². The number of hydrogen-bond acceptors (Lipinski definition) is 8. The maximum Gasteiger partial charge on any atom is 0.207 e. The average Bonchev–Trinajstić information content (AvgIpc) is 3.62. The van der Waals surface area contributed by atoms with Crippen LogP contribution in [-0.4, -0.2) is 62.6 Å². The van der Waals surface area contributed by atoms with Gasteiger partial charge in [0.1, 0.15) is 17.5 Å². The van der Waals surface area contributed by atoms with Crippen molar-refractivity contribution in [1.29, 1.82) is 0 Å². The van der Waals surface area contributed by atoms with Gasteiger partial charge in [-0.3, -0.25) is 9.36 Å². The minimum Gasteiger partial charge on any atom is -0.494 e. The first kappa shape index (κ1) is 46.2. The minimum absolute atomic E-state index is 0.0271. The number of aryl methyl sites for hydroxylation is 1. The van der Waals surface area contributed by atoms with Crippen molar-refractivity contribution < 1.29 is 36.9 Å². The Kier molecular flexibility index (Phi) is 17.8. The van der Waals surface area contributed by atoms with Crippen LogP contribution in [0.1, 0.15) is 59.1 Å². The Labute approximate surface area is 339 Å². The molecule has 0 saturated carbocycles. The molecule has 0 aliphatic rings. The summed E-state index contributed by atoms with van der Waals surface area (Å²) in [5.41, 5.74) is 3.33. The number of benzene rings is 4. The molecule has 0 spiro atoms. The summed E-state index contributed by atoms with van der Waals surface area (Å²) in [6.45, 7) is 14.6. The van der Waals surface area contributed by atoms with Crippen LogP contribution < -0.4 is 24.4 Å². The molecule has 13 heteroatoms. The number of thioether (sulfide) groups is 1. The van der Waals surface area contributed by atoms with Crippen molar-refractivity contribution in [3.05, 3.63) is 108 Å². The zero-order valence-corrected chi connectivity index (χ0v) is 35.5. The molecule has 1 aromatic heterocycles. The highest BCUT2D eigenvalue weighted by Crippen LogP contribution is 2.38. The van der Waals surface area contributed by atoms with Crippen LogP contribution in [0.3, 0.4) is 0 Å². The molecular formula is C44H55F3N4O5S. The molecule has 308 valence electrons. The Hall–Kier alpha value is -5.14. The smallest absolute Gasteiger partial charge is 0.207 e. The number of rotatable bonds is 16. The lowest BCUT2D eigenvalue weighted by Crippen LogP contribution is -2.39. The molecule has 1 amide bonds. The van der Waals surface area contributed by atoms with Gasteiger partial charge in [-0.15, -0.1) is 0 Å². The number of imidazole rings is 1. The summed E-state index contributed by atoms with van der Waals surface area (Å²) in [6.07, 6.45) is 3.47. The van der Waals surface area contributed by atoms with Gasteiger partial charge in [-0.2, -0.15) is 0 Å². The number of aromatic nitrogens is 2. The maximum absolute atomic E-state index is 15.3. The van der Waals surface area contributed by atoms with E-state index in [0.717, 1.165) is 41.4 Å². The van der Waals surface area contributed by atoms with Gasteiger partial charge in [0.15, 0.2) is 28.2 Å². The van der Waals surface area contributed by atoms with E-state index in [9.17, 15) is 9.18 Å². The summed E-state index contributed by atoms with van der Waals surface area (Å²) in [4.78, 5) is 16.6. The van der Waals surface area contributed by atoms with E-state index in [2.05, 4.69) is 10.3 Å². The van der Waals surface area contributed by atoms with E-state index in [4.69, 9.17) is 18.9 Å². The quantitative estimate of drug-likeness (QED) is 0.0779. The number of anilines is 2. The third-order valence-electron chi connectivity index (χ3n) is 8.70. The van der Waals surface area contributed by atoms with Crippen LogP contribution in [0.5, 0.6) is 17.2 Å². The van der Waals surface area contributed by atoms with Crippen molar-refractivity contribution in [2.45, 2.75) is 77.4 Å². The van der Waals surface area contributed by atoms with Crippen LogP contribution in [0.15, 0.2) is 84.1 Å². The number of carbonyl (C=O) groups is 1. The Bertz CT molecular complexity index is 2020. The number of nitrogens with one attached hydrogen (secondary N) is 1. The molecule has 0 radical (unpaired) electrons. The molecule has 0 saturated heterocycles. The second-order valence-corrected chi connectivity index (χ2v) is 14.5. The SMILES string of the molecule is CC.CC(C)OCCC(C)(C)NC=O.COc1cc(-n2c(N(C)c3ccc(OC)c(OC)c3)cnc2SCc2c(F)cc(-c3ccc(C)cc3)cc2F)ccc1F. The van der Waals surface area contributed by atoms with Crippen LogP contribution in [0, 0.1) is 24.4 Å². The molecule has 0 atom stereocenters. The number of methoxy groups -OCH3 is 3. The molecule has 0 bridgehead atoms. The van der Waals surface area contributed by atoms with E-state index >= 15 is 8.78 Å². The van der Waals surface area contributed by atoms with Gasteiger partial charge in [0.05, 0.1) is 39.3 Å². The van der Waals surface area contributed by atoms with Crippen LogP contribution in [-0.2, 0) is 15.3 Å². The van der Waals surface area contributed by atoms with Gasteiger partial charge in [-0.05, 0) is 88.6 Å². The highest BCUT2D eigenvalue weighted by Gasteiger charge is 2.21. The number of nitrogens with zero attached hydrogens (tertiary/aromatic N) is 3. The first-order valence-electron chi connectivity index (χ1n) is 18.6. The highest BCUT2D eigenvalue weighted by atomic mass is 32.2. The zero-order chi connectivity index (χ0) is 42.3. The summed E-state index contributed by atoms with van der Waals surface area (Å²) >= 11 is 1.16. The molecule has 0 fully saturated rings. The number of ether oxygens (including phenoxy) is 4. The third kappa shape index (κ3) is 12.7. The van der Waals surface area contributed by atoms with E-state index in [1.807, 2.05) is 96.8 Å². The second kappa shape index (κ2) is 22.0. The Morgan fingerprint density at radius 1 is 0.842 bits per heavy atom. The first-order valence-corrected chi connectivity index (χ1v) is 19.6. The number of carbonyl (C=O) groups excluding carboxylic acids is 1. The molecule has 57 heavy (non-hydrogen) atoms. The van der Waals surface area contributed by atoms with Gasteiger partial charge >= 0.3 is 0 Å². The fourth-order valence-electron chi connectivity index (χ4n) is 5.43. The number of halogens is 3. The summed E-state index contributed by atoms with van der Waals surface area (Å²) in [5, 5.41) is 3.18. The summed E-state index contributed by atoms with van der Waals surface area (Å²) in [7, 11) is 6.34. The first-order chi connectivity index (χ1) is 27.2. The molecule has 9 nitrogen and oxygen atoms in total. The van der Waals surface area contributed by atoms with Gasteiger partial charge in [0.25, 0.3) is 0 Å². The van der Waals surface area contributed by atoms with E-state index < -0.39 is 17.5 Å². The lowest BCUT2D eigenvalue weighted by molar-refractivity contribution is -0.111. The van der Waals surface area contributed by atoms with E-state index in [-0.39, 0.29) is 28.7 Å². The number of amides is 1. The Morgan fingerprint density at radius 3 is 2.05 bits per heavy atom. The largest absolute Gasteiger partial charge is 0.494 e. The third-order valence-corrected chi connectivity index (χ3v) is 9.68. The second-order valence-electron chi connectivity index (χ2n) is 13.5. The Morgan fingerprint density at radius 2 is 1.47 bits per heavy atom. The lowest BCUT2D eigenvalue weighted by Gasteiger charge is -2.23. The fourth-order valence-corrected chi connectivity index (χ4v) is 6.44. The van der Waals surface area contributed by atoms with Gasteiger partial charge < -0.3 is 29.2 Å². The van der Waals surface area contributed by atoms with Gasteiger partial charge in [-0.25, -0.2) is 18.2 Å². The average molecular weight is 809 g/mol. The lowest BCUT2D eigenvalue weighted by atomic mass is 10.0. The van der Waals surface area contributed by atoms with Crippen molar-refractivity contribution in [3.63, 3.8) is 0 Å². The standard InChI is InChI=1S/C33H30F3N3O3S.C9H19NO2.C2H6/c1-20-6-8-21(9-7-20)22-14-27(35)25(28(36)15-22)19-43-33-37-18-32(39(33)24-10-12-26(34)30(17-24)41-4)38(2)23-11-13-29(40-3)31(16-23)42-5;1-8(2)12-6-5-9(3,4)10-7-11;1-2/h6-18H,19H2,1-5H3;7-8H,5-6H2,1-4H3,(H,10,11);1-2H3. The minimum atomic E-state index is -0.646. The molecular weight excluding hydrogens is 754 g/mol. The Balaban J connectivity index is 0.000000534. The molecule has 1 heterocycles. The van der Waals surface area contributed by atoms with Gasteiger partial charge in [0.2, 0.25) is 6.41 Å². The van der Waals surface area contributed by atoms with Crippen molar-refractivity contribution >= 4 is 29.7 Å². The zero-order valence-electron chi connectivity index (χ0n) is 34.7. The molecule has 0 aliphatic heterocycles.